The highest BCUT2D eigenvalue weighted by Gasteiger charge is 2.57. The topological polar surface area (TPSA) is 55.4 Å². The number of fused-ring (bicyclic) bond motifs is 5. The van der Waals surface area contributed by atoms with E-state index in [0.717, 1.165) is 0 Å². The van der Waals surface area contributed by atoms with Gasteiger partial charge >= 0.3 is 0 Å². The van der Waals surface area contributed by atoms with Crippen molar-refractivity contribution in [2.24, 2.45) is 11.8 Å². The molecule has 3 aliphatic heterocycles. The zero-order chi connectivity index (χ0) is 8.29. The first kappa shape index (κ1) is 6.37. The smallest absolute Gasteiger partial charge is 0.233 e. The van der Waals surface area contributed by atoms with E-state index < -0.39 is 0 Å². The lowest BCUT2D eigenvalue weighted by Crippen LogP contribution is -2.27. The summed E-state index contributed by atoms with van der Waals surface area (Å²) in [7, 11) is 0. The number of rotatable bonds is 0. The van der Waals surface area contributed by atoms with Crippen molar-refractivity contribution in [3.05, 3.63) is 12.2 Å². The van der Waals surface area contributed by atoms with Crippen LogP contribution >= 0.6 is 0 Å². The zero-order valence-electron chi connectivity index (χ0n) is 6.19. The standard InChI is InChI=1S/C8H7NO3/c10-7-5-3-1-2-4(12-3)6(5)8(11)9-7/h1-6H,(H,9,10,11). The Labute approximate surface area is 68.6 Å². The van der Waals surface area contributed by atoms with Crippen molar-refractivity contribution >= 4 is 11.8 Å². The van der Waals surface area contributed by atoms with E-state index in [1.807, 2.05) is 12.2 Å². The Bertz CT molecular complexity index is 281. The number of hydrogen-bond donors (Lipinski definition) is 1. The molecule has 0 aromatic carbocycles. The molecule has 2 amide bonds. The fourth-order valence-corrected chi connectivity index (χ4v) is 2.22. The normalized spacial score (nSPS) is 48.3. The second-order valence-electron chi connectivity index (χ2n) is 3.36. The van der Waals surface area contributed by atoms with Gasteiger partial charge in [-0.1, -0.05) is 12.2 Å². The monoisotopic (exact) mass is 165 g/mol. The van der Waals surface area contributed by atoms with Crippen LogP contribution in [0.2, 0.25) is 0 Å². The molecule has 3 rings (SSSR count). The maximum Gasteiger partial charge on any atom is 0.233 e. The second kappa shape index (κ2) is 1.77. The quantitative estimate of drug-likeness (QED) is 0.378. The molecule has 4 heteroatoms. The summed E-state index contributed by atoms with van der Waals surface area (Å²) >= 11 is 0. The van der Waals surface area contributed by atoms with Crippen LogP contribution < -0.4 is 5.32 Å². The van der Waals surface area contributed by atoms with Gasteiger partial charge < -0.3 is 4.74 Å². The molecule has 2 fully saturated rings. The molecule has 0 aliphatic carbocycles. The van der Waals surface area contributed by atoms with Crippen molar-refractivity contribution in [3.63, 3.8) is 0 Å². The van der Waals surface area contributed by atoms with Crippen LogP contribution in [0.15, 0.2) is 12.2 Å². The summed E-state index contributed by atoms with van der Waals surface area (Å²) < 4.78 is 5.39. The van der Waals surface area contributed by atoms with Gasteiger partial charge in [0.25, 0.3) is 0 Å². The minimum atomic E-state index is -0.257. The minimum absolute atomic E-state index is 0.161. The summed E-state index contributed by atoms with van der Waals surface area (Å²) in [5, 5.41) is 2.32. The maximum atomic E-state index is 11.2. The molecule has 0 aromatic rings. The van der Waals surface area contributed by atoms with Gasteiger partial charge in [0.1, 0.15) is 0 Å². The highest BCUT2D eigenvalue weighted by Crippen LogP contribution is 2.41. The Morgan fingerprint density at radius 3 is 2.08 bits per heavy atom. The molecular formula is C8H7NO3. The van der Waals surface area contributed by atoms with Gasteiger partial charge in [-0.2, -0.15) is 0 Å². The van der Waals surface area contributed by atoms with Crippen molar-refractivity contribution in [1.29, 1.82) is 0 Å². The maximum absolute atomic E-state index is 11.2. The number of carbonyl (C=O) groups excluding carboxylic acids is 2. The van der Waals surface area contributed by atoms with Gasteiger partial charge in [-0.15, -0.1) is 0 Å². The average Bonchev–Trinajstić information content (AvgIpc) is 2.64. The van der Waals surface area contributed by atoms with E-state index in [1.54, 1.807) is 0 Å². The van der Waals surface area contributed by atoms with Gasteiger partial charge in [0.05, 0.1) is 24.0 Å². The Hall–Kier alpha value is -1.16. The summed E-state index contributed by atoms with van der Waals surface area (Å²) in [5.41, 5.74) is 0. The summed E-state index contributed by atoms with van der Waals surface area (Å²) in [5.74, 6) is -0.872. The van der Waals surface area contributed by atoms with Crippen LogP contribution in [0.1, 0.15) is 0 Å². The molecule has 2 saturated heterocycles. The number of imide groups is 1. The third-order valence-corrected chi connectivity index (χ3v) is 2.75. The molecule has 0 aromatic heterocycles. The molecule has 62 valence electrons. The zero-order valence-corrected chi connectivity index (χ0v) is 6.19. The molecule has 1 N–H and O–H groups in total. The molecule has 3 heterocycles. The van der Waals surface area contributed by atoms with Crippen LogP contribution in [0.3, 0.4) is 0 Å². The molecule has 2 bridgehead atoms. The number of nitrogens with one attached hydrogen (secondary N) is 1. The molecule has 4 nitrogen and oxygen atoms in total. The molecule has 0 radical (unpaired) electrons. The Morgan fingerprint density at radius 2 is 1.58 bits per heavy atom. The first-order valence-corrected chi connectivity index (χ1v) is 3.96. The van der Waals surface area contributed by atoms with Crippen molar-refractivity contribution < 1.29 is 14.3 Å². The SMILES string of the molecule is O=C1NC(=O)C2C3C=CC(O3)C12. The van der Waals surface area contributed by atoms with E-state index in [1.165, 1.54) is 0 Å². The molecule has 4 unspecified atom stereocenters. The first-order chi connectivity index (χ1) is 5.77. The predicted octanol–water partition coefficient (Wildman–Crippen LogP) is -0.788. The first-order valence-electron chi connectivity index (χ1n) is 3.96. The fourth-order valence-electron chi connectivity index (χ4n) is 2.22. The van der Waals surface area contributed by atoms with Crippen molar-refractivity contribution in [1.82, 2.24) is 5.32 Å². The third kappa shape index (κ3) is 0.536. The molecule has 4 atom stereocenters. The summed E-state index contributed by atoms with van der Waals surface area (Å²) in [4.78, 5) is 22.4. The van der Waals surface area contributed by atoms with Crippen molar-refractivity contribution in [2.45, 2.75) is 12.2 Å². The van der Waals surface area contributed by atoms with Crippen LogP contribution in [0.4, 0.5) is 0 Å². The molecule has 3 aliphatic rings. The van der Waals surface area contributed by atoms with E-state index in [9.17, 15) is 9.59 Å². The molecular weight excluding hydrogens is 158 g/mol. The average molecular weight is 165 g/mol. The largest absolute Gasteiger partial charge is 0.365 e. The van der Waals surface area contributed by atoms with Gasteiger partial charge in [-0.05, 0) is 0 Å². The molecule has 0 saturated carbocycles. The van der Waals surface area contributed by atoms with E-state index >= 15 is 0 Å². The number of ether oxygens (including phenoxy) is 1. The number of carbonyl (C=O) groups is 2. The Balaban J connectivity index is 2.08. The van der Waals surface area contributed by atoms with Crippen LogP contribution in [0.25, 0.3) is 0 Å². The number of hydrogen-bond acceptors (Lipinski definition) is 3. The van der Waals surface area contributed by atoms with Gasteiger partial charge in [-0.3, -0.25) is 14.9 Å². The predicted molar refractivity (Wildman–Crippen MR) is 37.9 cm³/mol. The van der Waals surface area contributed by atoms with E-state index in [0.29, 0.717) is 0 Å². The highest BCUT2D eigenvalue weighted by atomic mass is 16.5. The van der Waals surface area contributed by atoms with Crippen LogP contribution in [-0.2, 0) is 14.3 Å². The molecule has 0 spiro atoms. The Kier molecular flexibility index (Phi) is 0.939. The molecule has 12 heavy (non-hydrogen) atoms. The van der Waals surface area contributed by atoms with Crippen molar-refractivity contribution in [3.8, 4) is 0 Å². The highest BCUT2D eigenvalue weighted by molar-refractivity contribution is 6.06. The van der Waals surface area contributed by atoms with Crippen LogP contribution in [0, 0.1) is 11.8 Å². The number of amides is 2. The lowest BCUT2D eigenvalue weighted by molar-refractivity contribution is -0.128. The second-order valence-corrected chi connectivity index (χ2v) is 3.36. The lowest BCUT2D eigenvalue weighted by atomic mass is 9.85. The Morgan fingerprint density at radius 1 is 1.08 bits per heavy atom. The lowest BCUT2D eigenvalue weighted by Gasteiger charge is -2.10. The van der Waals surface area contributed by atoms with Crippen LogP contribution in [-0.4, -0.2) is 24.0 Å². The summed E-state index contributed by atoms with van der Waals surface area (Å²) in [6.07, 6.45) is 3.41. The van der Waals surface area contributed by atoms with Crippen LogP contribution in [0.5, 0.6) is 0 Å². The van der Waals surface area contributed by atoms with E-state index in [-0.39, 0.29) is 35.9 Å². The van der Waals surface area contributed by atoms with Gasteiger partial charge in [0.15, 0.2) is 0 Å². The minimum Gasteiger partial charge on any atom is -0.365 e. The third-order valence-electron chi connectivity index (χ3n) is 2.75. The summed E-state index contributed by atoms with van der Waals surface area (Å²) in [6, 6.07) is 0. The van der Waals surface area contributed by atoms with E-state index in [4.69, 9.17) is 4.74 Å². The fraction of sp³-hybridized carbons (Fsp3) is 0.500. The van der Waals surface area contributed by atoms with Crippen molar-refractivity contribution in [2.75, 3.05) is 0 Å². The van der Waals surface area contributed by atoms with Gasteiger partial charge in [0.2, 0.25) is 11.8 Å². The van der Waals surface area contributed by atoms with E-state index in [2.05, 4.69) is 5.32 Å². The van der Waals surface area contributed by atoms with Gasteiger partial charge in [0, 0.05) is 0 Å². The summed E-state index contributed by atoms with van der Waals surface area (Å²) in [6.45, 7) is 0. The van der Waals surface area contributed by atoms with Gasteiger partial charge in [-0.25, -0.2) is 0 Å².